The van der Waals surface area contributed by atoms with Gasteiger partial charge in [0, 0.05) is 44.8 Å². The van der Waals surface area contributed by atoms with E-state index in [2.05, 4.69) is 20.5 Å². The molecule has 1 unspecified atom stereocenters. The van der Waals surface area contributed by atoms with Crippen molar-refractivity contribution in [2.45, 2.75) is 19.4 Å². The number of hydrogen-bond acceptors (Lipinski definition) is 4. The zero-order valence-electron chi connectivity index (χ0n) is 12.3. The molecular formula is C14H20N6O. The highest BCUT2D eigenvalue weighted by Gasteiger charge is 2.30. The molecule has 0 spiro atoms. The first-order valence-corrected chi connectivity index (χ1v) is 7.13. The summed E-state index contributed by atoms with van der Waals surface area (Å²) in [7, 11) is 1.96. The van der Waals surface area contributed by atoms with E-state index in [1.165, 1.54) is 0 Å². The summed E-state index contributed by atoms with van der Waals surface area (Å²) in [4.78, 5) is 18.9. The monoisotopic (exact) mass is 288 g/mol. The fourth-order valence-electron chi connectivity index (χ4n) is 2.75. The molecule has 3 rings (SSSR count). The van der Waals surface area contributed by atoms with E-state index in [4.69, 9.17) is 0 Å². The first-order valence-electron chi connectivity index (χ1n) is 7.13. The minimum Gasteiger partial charge on any atom is -0.336 e. The van der Waals surface area contributed by atoms with Crippen molar-refractivity contribution >= 4 is 5.91 Å². The van der Waals surface area contributed by atoms with Crippen LogP contribution >= 0.6 is 0 Å². The molecule has 2 aromatic rings. The van der Waals surface area contributed by atoms with Crippen LogP contribution in [0.1, 0.15) is 23.3 Å². The maximum atomic E-state index is 12.6. The average Bonchev–Trinajstić information content (AvgIpc) is 3.07. The number of carbonyl (C=O) groups excluding carboxylic acids is 1. The molecule has 0 saturated carbocycles. The highest BCUT2D eigenvalue weighted by Crippen LogP contribution is 2.21. The van der Waals surface area contributed by atoms with Crippen LogP contribution in [0.5, 0.6) is 0 Å². The summed E-state index contributed by atoms with van der Waals surface area (Å²) in [6.45, 7) is 4.17. The van der Waals surface area contributed by atoms with Crippen LogP contribution in [0.2, 0.25) is 0 Å². The maximum absolute atomic E-state index is 12.6. The van der Waals surface area contributed by atoms with Gasteiger partial charge in [0.1, 0.15) is 11.9 Å². The molecule has 1 aliphatic heterocycles. The Morgan fingerprint density at radius 3 is 3.05 bits per heavy atom. The van der Waals surface area contributed by atoms with Gasteiger partial charge in [-0.2, -0.15) is 5.10 Å². The standard InChI is InChI=1S/C14H20N6O/c1-10-7-11(18-17-10)8-13(21)20-6-3-15-9-12(20)14-16-4-5-19(14)2/h4-5,7,12,15H,3,6,8-9H2,1-2H3,(H,17,18). The first-order chi connectivity index (χ1) is 10.1. The molecule has 112 valence electrons. The second kappa shape index (κ2) is 5.69. The van der Waals surface area contributed by atoms with Gasteiger partial charge in [0.2, 0.25) is 5.91 Å². The Kier molecular flexibility index (Phi) is 3.74. The molecule has 7 nitrogen and oxygen atoms in total. The van der Waals surface area contributed by atoms with Crippen LogP contribution in [0.25, 0.3) is 0 Å². The summed E-state index contributed by atoms with van der Waals surface area (Å²) in [6, 6.07) is 1.89. The van der Waals surface area contributed by atoms with Crippen molar-refractivity contribution in [2.75, 3.05) is 19.6 Å². The minimum atomic E-state index is -0.0220. The van der Waals surface area contributed by atoms with Gasteiger partial charge in [-0.15, -0.1) is 0 Å². The molecule has 2 aromatic heterocycles. The van der Waals surface area contributed by atoms with Gasteiger partial charge < -0.3 is 14.8 Å². The zero-order valence-corrected chi connectivity index (χ0v) is 12.3. The topological polar surface area (TPSA) is 78.8 Å². The number of H-pyrrole nitrogens is 1. The minimum absolute atomic E-state index is 0.0220. The summed E-state index contributed by atoms with van der Waals surface area (Å²) in [6.07, 6.45) is 4.00. The molecule has 0 aromatic carbocycles. The number of aryl methyl sites for hydroxylation is 2. The molecule has 3 heterocycles. The lowest BCUT2D eigenvalue weighted by atomic mass is 10.1. The second-order valence-electron chi connectivity index (χ2n) is 5.42. The summed E-state index contributed by atoms with van der Waals surface area (Å²) < 4.78 is 1.97. The molecule has 2 N–H and O–H groups in total. The van der Waals surface area contributed by atoms with E-state index < -0.39 is 0 Å². The molecule has 1 atom stereocenters. The smallest absolute Gasteiger partial charge is 0.229 e. The molecular weight excluding hydrogens is 268 g/mol. The normalized spacial score (nSPS) is 19.0. The number of aromatic nitrogens is 4. The number of nitrogens with zero attached hydrogens (tertiary/aromatic N) is 4. The van der Waals surface area contributed by atoms with E-state index in [1.54, 1.807) is 6.20 Å². The summed E-state index contributed by atoms with van der Waals surface area (Å²) in [5.41, 5.74) is 1.76. The third-order valence-corrected chi connectivity index (χ3v) is 3.81. The van der Waals surface area contributed by atoms with Crippen LogP contribution < -0.4 is 5.32 Å². The van der Waals surface area contributed by atoms with Crippen LogP contribution in [0.4, 0.5) is 0 Å². The van der Waals surface area contributed by atoms with E-state index in [1.807, 2.05) is 35.7 Å². The van der Waals surface area contributed by atoms with Gasteiger partial charge in [0.15, 0.2) is 0 Å². The average molecular weight is 288 g/mol. The molecule has 0 aliphatic carbocycles. The second-order valence-corrected chi connectivity index (χ2v) is 5.42. The maximum Gasteiger partial charge on any atom is 0.229 e. The van der Waals surface area contributed by atoms with Gasteiger partial charge >= 0.3 is 0 Å². The Hall–Kier alpha value is -2.15. The van der Waals surface area contributed by atoms with Gasteiger partial charge in [0.05, 0.1) is 12.1 Å². The van der Waals surface area contributed by atoms with Crippen molar-refractivity contribution < 1.29 is 4.79 Å². The van der Waals surface area contributed by atoms with E-state index >= 15 is 0 Å². The van der Waals surface area contributed by atoms with Crippen LogP contribution in [-0.4, -0.2) is 50.2 Å². The fourth-order valence-corrected chi connectivity index (χ4v) is 2.75. The lowest BCUT2D eigenvalue weighted by Gasteiger charge is -2.35. The number of rotatable bonds is 3. The van der Waals surface area contributed by atoms with Crippen LogP contribution in [-0.2, 0) is 18.3 Å². The highest BCUT2D eigenvalue weighted by molar-refractivity contribution is 5.79. The molecule has 0 radical (unpaired) electrons. The Bertz CT molecular complexity index is 631. The van der Waals surface area contributed by atoms with Crippen molar-refractivity contribution in [1.82, 2.24) is 30.0 Å². The van der Waals surface area contributed by atoms with E-state index in [9.17, 15) is 4.79 Å². The molecule has 1 amide bonds. The van der Waals surface area contributed by atoms with Crippen molar-refractivity contribution in [1.29, 1.82) is 0 Å². The number of carbonyl (C=O) groups is 1. The van der Waals surface area contributed by atoms with Crippen molar-refractivity contribution in [2.24, 2.45) is 7.05 Å². The number of piperazine rings is 1. The quantitative estimate of drug-likeness (QED) is 0.844. The largest absolute Gasteiger partial charge is 0.336 e. The Balaban J connectivity index is 1.77. The number of aromatic amines is 1. The molecule has 7 heteroatoms. The van der Waals surface area contributed by atoms with Crippen LogP contribution in [0, 0.1) is 6.92 Å². The predicted molar refractivity (Wildman–Crippen MR) is 77.6 cm³/mol. The molecule has 1 fully saturated rings. The van der Waals surface area contributed by atoms with Crippen LogP contribution in [0.3, 0.4) is 0 Å². The number of hydrogen-bond donors (Lipinski definition) is 2. The highest BCUT2D eigenvalue weighted by atomic mass is 16.2. The number of amides is 1. The Morgan fingerprint density at radius 1 is 1.52 bits per heavy atom. The summed E-state index contributed by atoms with van der Waals surface area (Å²) in [5.74, 6) is 1.00. The molecule has 1 saturated heterocycles. The van der Waals surface area contributed by atoms with Gasteiger partial charge in [0.25, 0.3) is 0 Å². The van der Waals surface area contributed by atoms with Gasteiger partial charge in [-0.3, -0.25) is 9.89 Å². The van der Waals surface area contributed by atoms with Crippen molar-refractivity contribution in [3.63, 3.8) is 0 Å². The zero-order chi connectivity index (χ0) is 14.8. The molecule has 21 heavy (non-hydrogen) atoms. The van der Waals surface area contributed by atoms with Gasteiger partial charge in [-0.05, 0) is 13.0 Å². The van der Waals surface area contributed by atoms with Gasteiger partial charge in [-0.1, -0.05) is 0 Å². The first kappa shape index (κ1) is 13.8. The fraction of sp³-hybridized carbons (Fsp3) is 0.500. The van der Waals surface area contributed by atoms with Gasteiger partial charge in [-0.25, -0.2) is 4.98 Å². The lowest BCUT2D eigenvalue weighted by Crippen LogP contribution is -2.49. The van der Waals surface area contributed by atoms with E-state index in [-0.39, 0.29) is 11.9 Å². The van der Waals surface area contributed by atoms with Crippen molar-refractivity contribution in [3.05, 3.63) is 35.7 Å². The molecule has 1 aliphatic rings. The van der Waals surface area contributed by atoms with Crippen LogP contribution in [0.15, 0.2) is 18.5 Å². The summed E-state index contributed by atoms with van der Waals surface area (Å²) >= 11 is 0. The lowest BCUT2D eigenvalue weighted by molar-refractivity contribution is -0.134. The molecule has 0 bridgehead atoms. The predicted octanol–water partition coefficient (Wildman–Crippen LogP) is 0.167. The third kappa shape index (κ3) is 2.82. The Labute approximate surface area is 123 Å². The number of imidazole rings is 1. The van der Waals surface area contributed by atoms with E-state index in [0.29, 0.717) is 13.0 Å². The van der Waals surface area contributed by atoms with Crippen molar-refractivity contribution in [3.8, 4) is 0 Å². The SMILES string of the molecule is Cc1cc(CC(=O)N2CCNCC2c2nccn2C)n[nH]1. The summed E-state index contributed by atoms with van der Waals surface area (Å²) in [5, 5.41) is 10.4. The third-order valence-electron chi connectivity index (χ3n) is 3.81. The number of nitrogens with one attached hydrogen (secondary N) is 2. The Morgan fingerprint density at radius 2 is 2.38 bits per heavy atom. The van der Waals surface area contributed by atoms with E-state index in [0.717, 1.165) is 30.3 Å².